The van der Waals surface area contributed by atoms with Gasteiger partial charge in [0.15, 0.2) is 0 Å². The number of nitrogens with zero attached hydrogens (tertiary/aromatic N) is 1. The zero-order chi connectivity index (χ0) is 13.0. The minimum atomic E-state index is -0.743. The fourth-order valence-electron chi connectivity index (χ4n) is 2.76. The molecule has 1 aliphatic heterocycles. The van der Waals surface area contributed by atoms with Crippen LogP contribution >= 0.6 is 0 Å². The Morgan fingerprint density at radius 1 is 1.47 bits per heavy atom. The molecule has 1 rings (SSSR count). The lowest BCUT2D eigenvalue weighted by Gasteiger charge is -2.39. The molecule has 3 atom stereocenters. The van der Waals surface area contributed by atoms with E-state index in [2.05, 4.69) is 13.8 Å². The van der Waals surface area contributed by atoms with E-state index in [-0.39, 0.29) is 12.0 Å². The molecule has 100 valence electrons. The van der Waals surface area contributed by atoms with Crippen molar-refractivity contribution in [1.29, 1.82) is 0 Å². The fraction of sp³-hybridized carbons (Fsp3) is 0.923. The van der Waals surface area contributed by atoms with E-state index in [0.29, 0.717) is 31.8 Å². The minimum absolute atomic E-state index is 0.220. The quantitative estimate of drug-likeness (QED) is 0.769. The zero-order valence-electron chi connectivity index (χ0n) is 11.1. The molecule has 4 heteroatoms. The average Bonchev–Trinajstić information content (AvgIpc) is 2.22. The number of aliphatic hydroxyl groups excluding tert-OH is 1. The SMILES string of the molecule is CC[C@H](C(=O)O)N1CC[C@@H](O)[C@H](CC(C)C)C1. The summed E-state index contributed by atoms with van der Waals surface area (Å²) in [7, 11) is 0. The maximum Gasteiger partial charge on any atom is 0.320 e. The predicted molar refractivity (Wildman–Crippen MR) is 66.9 cm³/mol. The van der Waals surface area contributed by atoms with Gasteiger partial charge in [0.2, 0.25) is 0 Å². The van der Waals surface area contributed by atoms with Gasteiger partial charge >= 0.3 is 5.97 Å². The first kappa shape index (κ1) is 14.5. The molecule has 0 aromatic carbocycles. The van der Waals surface area contributed by atoms with E-state index in [4.69, 9.17) is 5.11 Å². The van der Waals surface area contributed by atoms with Gasteiger partial charge < -0.3 is 10.2 Å². The van der Waals surface area contributed by atoms with Crippen molar-refractivity contribution in [2.24, 2.45) is 11.8 Å². The number of carbonyl (C=O) groups is 1. The second-order valence-electron chi connectivity index (χ2n) is 5.50. The molecule has 0 radical (unpaired) electrons. The Labute approximate surface area is 104 Å². The van der Waals surface area contributed by atoms with Crippen molar-refractivity contribution in [2.45, 2.75) is 52.2 Å². The van der Waals surface area contributed by atoms with Crippen molar-refractivity contribution in [3.63, 3.8) is 0 Å². The molecule has 1 fully saturated rings. The standard InChI is InChI=1S/C13H25NO3/c1-4-11(13(16)17)14-6-5-12(15)10(8-14)7-9(2)3/h9-12,15H,4-8H2,1-3H3,(H,16,17)/t10-,11-,12-/m1/s1. The highest BCUT2D eigenvalue weighted by Crippen LogP contribution is 2.25. The van der Waals surface area contributed by atoms with Gasteiger partial charge in [0.1, 0.15) is 6.04 Å². The summed E-state index contributed by atoms with van der Waals surface area (Å²) in [4.78, 5) is 13.2. The Hall–Kier alpha value is -0.610. The van der Waals surface area contributed by atoms with Gasteiger partial charge in [-0.1, -0.05) is 20.8 Å². The van der Waals surface area contributed by atoms with Crippen LogP contribution in [0.1, 0.15) is 40.0 Å². The van der Waals surface area contributed by atoms with Crippen molar-refractivity contribution < 1.29 is 15.0 Å². The monoisotopic (exact) mass is 243 g/mol. The maximum absolute atomic E-state index is 11.1. The van der Waals surface area contributed by atoms with E-state index in [1.165, 1.54) is 0 Å². The highest BCUT2D eigenvalue weighted by molar-refractivity contribution is 5.73. The van der Waals surface area contributed by atoms with Gasteiger partial charge in [-0.05, 0) is 31.1 Å². The summed E-state index contributed by atoms with van der Waals surface area (Å²) in [6.45, 7) is 7.59. The number of carboxylic acids is 1. The summed E-state index contributed by atoms with van der Waals surface area (Å²) in [5, 5.41) is 19.1. The molecule has 0 spiro atoms. The van der Waals surface area contributed by atoms with Crippen LogP contribution in [0.3, 0.4) is 0 Å². The highest BCUT2D eigenvalue weighted by atomic mass is 16.4. The van der Waals surface area contributed by atoms with Crippen LogP contribution in [0.25, 0.3) is 0 Å². The second kappa shape index (κ2) is 6.36. The van der Waals surface area contributed by atoms with E-state index in [1.54, 1.807) is 0 Å². The van der Waals surface area contributed by atoms with Crippen LogP contribution in [0, 0.1) is 11.8 Å². The van der Waals surface area contributed by atoms with Crippen LogP contribution in [0.5, 0.6) is 0 Å². The molecular weight excluding hydrogens is 218 g/mol. The molecule has 1 saturated heterocycles. The van der Waals surface area contributed by atoms with Crippen LogP contribution in [0.2, 0.25) is 0 Å². The Morgan fingerprint density at radius 2 is 2.12 bits per heavy atom. The molecule has 1 heterocycles. The highest BCUT2D eigenvalue weighted by Gasteiger charge is 2.33. The first-order chi connectivity index (χ1) is 7.95. The molecule has 0 aromatic heterocycles. The third-order valence-corrected chi connectivity index (χ3v) is 3.61. The topological polar surface area (TPSA) is 60.8 Å². The number of hydrogen-bond donors (Lipinski definition) is 2. The fourth-order valence-corrected chi connectivity index (χ4v) is 2.76. The predicted octanol–water partition coefficient (Wildman–Crippen LogP) is 1.58. The lowest BCUT2D eigenvalue weighted by Crippen LogP contribution is -2.50. The molecule has 4 nitrogen and oxygen atoms in total. The second-order valence-corrected chi connectivity index (χ2v) is 5.50. The molecular formula is C13H25NO3. The van der Waals surface area contributed by atoms with Gasteiger partial charge in [0, 0.05) is 13.1 Å². The van der Waals surface area contributed by atoms with Crippen LogP contribution in [0.15, 0.2) is 0 Å². The number of rotatable bonds is 5. The third-order valence-electron chi connectivity index (χ3n) is 3.61. The zero-order valence-corrected chi connectivity index (χ0v) is 11.1. The van der Waals surface area contributed by atoms with Crippen LogP contribution in [0.4, 0.5) is 0 Å². The molecule has 0 amide bonds. The first-order valence-electron chi connectivity index (χ1n) is 6.60. The van der Waals surface area contributed by atoms with Crippen molar-refractivity contribution in [3.05, 3.63) is 0 Å². The number of aliphatic carboxylic acids is 1. The van der Waals surface area contributed by atoms with Crippen molar-refractivity contribution in [2.75, 3.05) is 13.1 Å². The van der Waals surface area contributed by atoms with E-state index in [1.807, 2.05) is 11.8 Å². The van der Waals surface area contributed by atoms with E-state index < -0.39 is 12.0 Å². The van der Waals surface area contributed by atoms with Crippen molar-refractivity contribution in [1.82, 2.24) is 4.90 Å². The van der Waals surface area contributed by atoms with Crippen LogP contribution < -0.4 is 0 Å². The van der Waals surface area contributed by atoms with Crippen LogP contribution in [-0.4, -0.2) is 46.3 Å². The summed E-state index contributed by atoms with van der Waals surface area (Å²) in [6, 6.07) is -0.392. The Morgan fingerprint density at radius 3 is 2.59 bits per heavy atom. The Kier molecular flexibility index (Phi) is 5.40. The average molecular weight is 243 g/mol. The normalized spacial score (nSPS) is 28.3. The summed E-state index contributed by atoms with van der Waals surface area (Å²) in [5.74, 6) is 0.0174. The molecule has 0 unspecified atom stereocenters. The maximum atomic E-state index is 11.1. The number of likely N-dealkylation sites (tertiary alicyclic amines) is 1. The van der Waals surface area contributed by atoms with E-state index >= 15 is 0 Å². The van der Waals surface area contributed by atoms with Crippen LogP contribution in [-0.2, 0) is 4.79 Å². The molecule has 0 aromatic rings. The molecule has 2 N–H and O–H groups in total. The molecule has 1 aliphatic rings. The van der Waals surface area contributed by atoms with E-state index in [9.17, 15) is 9.90 Å². The third kappa shape index (κ3) is 3.96. The Balaban J connectivity index is 2.62. The van der Waals surface area contributed by atoms with Crippen molar-refractivity contribution in [3.8, 4) is 0 Å². The number of aliphatic hydroxyl groups is 1. The van der Waals surface area contributed by atoms with Gasteiger partial charge in [-0.2, -0.15) is 0 Å². The van der Waals surface area contributed by atoms with Gasteiger partial charge in [0.05, 0.1) is 6.10 Å². The number of carboxylic acid groups (broad SMARTS) is 1. The summed E-state index contributed by atoms with van der Waals surface area (Å²) in [5.41, 5.74) is 0. The minimum Gasteiger partial charge on any atom is -0.480 e. The van der Waals surface area contributed by atoms with Gasteiger partial charge in [-0.3, -0.25) is 9.69 Å². The summed E-state index contributed by atoms with van der Waals surface area (Å²) < 4.78 is 0. The lowest BCUT2D eigenvalue weighted by atomic mass is 9.86. The molecule has 0 aliphatic carbocycles. The number of hydrogen-bond acceptors (Lipinski definition) is 3. The van der Waals surface area contributed by atoms with Gasteiger partial charge in [0.25, 0.3) is 0 Å². The lowest BCUT2D eigenvalue weighted by molar-refractivity contribution is -0.145. The summed E-state index contributed by atoms with van der Waals surface area (Å²) in [6.07, 6.45) is 2.02. The summed E-state index contributed by atoms with van der Waals surface area (Å²) >= 11 is 0. The van der Waals surface area contributed by atoms with Gasteiger partial charge in [-0.15, -0.1) is 0 Å². The molecule has 0 bridgehead atoms. The number of piperidine rings is 1. The smallest absolute Gasteiger partial charge is 0.320 e. The van der Waals surface area contributed by atoms with E-state index in [0.717, 1.165) is 6.42 Å². The Bertz CT molecular complexity index is 255. The largest absolute Gasteiger partial charge is 0.480 e. The molecule has 0 saturated carbocycles. The van der Waals surface area contributed by atoms with Crippen molar-refractivity contribution >= 4 is 5.97 Å². The first-order valence-corrected chi connectivity index (χ1v) is 6.60. The van der Waals surface area contributed by atoms with Gasteiger partial charge in [-0.25, -0.2) is 0 Å². The molecule has 17 heavy (non-hydrogen) atoms.